The third-order valence-corrected chi connectivity index (χ3v) is 3.84. The minimum atomic E-state index is 1.09. The molecule has 1 nitrogen and oxygen atoms in total. The molecule has 0 aliphatic heterocycles. The van der Waals surface area contributed by atoms with Crippen LogP contribution in [0, 0.1) is 13.8 Å². The molecule has 0 atom stereocenters. The summed E-state index contributed by atoms with van der Waals surface area (Å²) in [5, 5.41) is 1.35. The summed E-state index contributed by atoms with van der Waals surface area (Å²) in [5.74, 6) is 0. The lowest BCUT2D eigenvalue weighted by molar-refractivity contribution is 0.954. The van der Waals surface area contributed by atoms with Gasteiger partial charge in [0.15, 0.2) is 0 Å². The second kappa shape index (κ2) is 4.93. The van der Waals surface area contributed by atoms with Crippen LogP contribution in [-0.4, -0.2) is 4.98 Å². The van der Waals surface area contributed by atoms with Gasteiger partial charge in [-0.05, 0) is 49.4 Å². The van der Waals surface area contributed by atoms with Crippen molar-refractivity contribution in [3.63, 3.8) is 0 Å². The van der Waals surface area contributed by atoms with E-state index in [1.165, 1.54) is 33.2 Å². The van der Waals surface area contributed by atoms with Crippen LogP contribution >= 0.6 is 0 Å². The molecule has 0 amide bonds. The summed E-state index contributed by atoms with van der Waals surface area (Å²) in [6, 6.07) is 15.2. The molecule has 0 aliphatic carbocycles. The van der Waals surface area contributed by atoms with Gasteiger partial charge in [0.25, 0.3) is 0 Å². The molecule has 0 aliphatic rings. The van der Waals surface area contributed by atoms with Gasteiger partial charge in [-0.1, -0.05) is 42.0 Å². The van der Waals surface area contributed by atoms with Crippen LogP contribution in [0.4, 0.5) is 0 Å². The van der Waals surface area contributed by atoms with E-state index in [9.17, 15) is 0 Å². The third-order valence-electron chi connectivity index (χ3n) is 3.84. The summed E-state index contributed by atoms with van der Waals surface area (Å²) < 4.78 is 0. The number of aromatic amines is 1. The molecule has 0 saturated carbocycles. The first-order valence-corrected chi connectivity index (χ1v) is 6.85. The molecule has 1 heteroatoms. The van der Waals surface area contributed by atoms with E-state index in [-0.39, 0.29) is 0 Å². The van der Waals surface area contributed by atoms with Crippen molar-refractivity contribution < 1.29 is 0 Å². The highest BCUT2D eigenvalue weighted by Crippen LogP contribution is 2.20. The van der Waals surface area contributed by atoms with Gasteiger partial charge in [-0.2, -0.15) is 0 Å². The highest BCUT2D eigenvalue weighted by atomic mass is 14.7. The normalized spacial score (nSPS) is 11.1. The zero-order valence-corrected chi connectivity index (χ0v) is 11.5. The monoisotopic (exact) mass is 249 g/mol. The first kappa shape index (κ1) is 12.0. The Kier molecular flexibility index (Phi) is 3.12. The van der Waals surface area contributed by atoms with Crippen LogP contribution in [0.15, 0.2) is 48.7 Å². The van der Waals surface area contributed by atoms with Crippen LogP contribution < -0.4 is 0 Å². The summed E-state index contributed by atoms with van der Waals surface area (Å²) >= 11 is 0. The predicted octanol–water partition coefficient (Wildman–Crippen LogP) is 4.57. The van der Waals surface area contributed by atoms with Crippen LogP contribution in [0.3, 0.4) is 0 Å². The van der Waals surface area contributed by atoms with Crippen LogP contribution in [-0.2, 0) is 12.8 Å². The molecule has 1 aromatic heterocycles. The van der Waals surface area contributed by atoms with Crippen molar-refractivity contribution >= 4 is 10.9 Å². The van der Waals surface area contributed by atoms with Crippen LogP contribution in [0.2, 0.25) is 0 Å². The predicted molar refractivity (Wildman–Crippen MR) is 81.6 cm³/mol. The molecule has 96 valence electrons. The SMILES string of the molecule is Cc1ccc(C)c(CCc2c[nH]c3ccccc23)c1. The number of fused-ring (bicyclic) bond motifs is 1. The maximum atomic E-state index is 3.35. The number of hydrogen-bond donors (Lipinski definition) is 1. The van der Waals surface area contributed by atoms with Gasteiger partial charge in [0.1, 0.15) is 0 Å². The molecule has 2 aromatic carbocycles. The maximum absolute atomic E-state index is 3.35. The largest absolute Gasteiger partial charge is 0.361 e. The first-order chi connectivity index (χ1) is 9.24. The lowest BCUT2D eigenvalue weighted by Crippen LogP contribution is -1.94. The Bertz CT molecular complexity index is 707. The van der Waals surface area contributed by atoms with Crippen LogP contribution in [0.5, 0.6) is 0 Å². The molecular weight excluding hydrogens is 230 g/mol. The lowest BCUT2D eigenvalue weighted by atomic mass is 9.98. The van der Waals surface area contributed by atoms with Gasteiger partial charge in [-0.25, -0.2) is 0 Å². The van der Waals surface area contributed by atoms with Crippen LogP contribution in [0.25, 0.3) is 10.9 Å². The first-order valence-electron chi connectivity index (χ1n) is 6.85. The van der Waals surface area contributed by atoms with Crippen molar-refractivity contribution in [2.45, 2.75) is 26.7 Å². The standard InChI is InChI=1S/C18H19N/c1-13-7-8-14(2)15(11-13)9-10-16-12-19-18-6-4-3-5-17(16)18/h3-8,11-12,19H,9-10H2,1-2H3. The minimum Gasteiger partial charge on any atom is -0.361 e. The number of aromatic nitrogens is 1. The molecule has 0 fully saturated rings. The van der Waals surface area contributed by atoms with E-state index in [4.69, 9.17) is 0 Å². The van der Waals surface area contributed by atoms with E-state index in [0.29, 0.717) is 0 Å². The van der Waals surface area contributed by atoms with E-state index < -0.39 is 0 Å². The van der Waals surface area contributed by atoms with E-state index in [1.807, 2.05) is 0 Å². The molecule has 0 bridgehead atoms. The fourth-order valence-electron chi connectivity index (χ4n) is 2.68. The molecule has 1 heterocycles. The van der Waals surface area contributed by atoms with Gasteiger partial charge in [-0.3, -0.25) is 0 Å². The van der Waals surface area contributed by atoms with Gasteiger partial charge >= 0.3 is 0 Å². The maximum Gasteiger partial charge on any atom is 0.0456 e. The van der Waals surface area contributed by atoms with Gasteiger partial charge in [0, 0.05) is 17.1 Å². The van der Waals surface area contributed by atoms with E-state index in [0.717, 1.165) is 12.8 Å². The minimum absolute atomic E-state index is 1.09. The number of hydrogen-bond acceptors (Lipinski definition) is 0. The topological polar surface area (TPSA) is 15.8 Å². The number of nitrogens with one attached hydrogen (secondary N) is 1. The average Bonchev–Trinajstić information content (AvgIpc) is 2.83. The Morgan fingerprint density at radius 1 is 0.895 bits per heavy atom. The molecule has 0 unspecified atom stereocenters. The van der Waals surface area contributed by atoms with Gasteiger partial charge in [0.2, 0.25) is 0 Å². The van der Waals surface area contributed by atoms with Crippen molar-refractivity contribution in [1.29, 1.82) is 0 Å². The Morgan fingerprint density at radius 3 is 2.58 bits per heavy atom. The molecule has 0 saturated heterocycles. The third kappa shape index (κ3) is 2.41. The fourth-order valence-corrected chi connectivity index (χ4v) is 2.68. The summed E-state index contributed by atoms with van der Waals surface area (Å²) in [5.41, 5.74) is 6.85. The van der Waals surface area contributed by atoms with Crippen molar-refractivity contribution in [2.75, 3.05) is 0 Å². The van der Waals surface area contributed by atoms with E-state index in [2.05, 4.69) is 67.5 Å². The molecule has 19 heavy (non-hydrogen) atoms. The summed E-state index contributed by atoms with van der Waals surface area (Å²) in [6.07, 6.45) is 4.35. The molecule has 3 aromatic rings. The Balaban J connectivity index is 1.84. The number of H-pyrrole nitrogens is 1. The zero-order chi connectivity index (χ0) is 13.2. The summed E-state index contributed by atoms with van der Waals surface area (Å²) in [4.78, 5) is 3.35. The van der Waals surface area contributed by atoms with E-state index in [1.54, 1.807) is 0 Å². The molecule has 0 radical (unpaired) electrons. The molecule has 1 N–H and O–H groups in total. The average molecular weight is 249 g/mol. The van der Waals surface area contributed by atoms with Gasteiger partial charge in [-0.15, -0.1) is 0 Å². The zero-order valence-electron chi connectivity index (χ0n) is 11.5. The molecule has 3 rings (SSSR count). The van der Waals surface area contributed by atoms with Gasteiger partial charge < -0.3 is 4.98 Å². The van der Waals surface area contributed by atoms with Crippen LogP contribution in [0.1, 0.15) is 22.3 Å². The molecular formula is C18H19N. The van der Waals surface area contributed by atoms with Crippen molar-refractivity contribution in [2.24, 2.45) is 0 Å². The number of aryl methyl sites for hydroxylation is 4. The Morgan fingerprint density at radius 2 is 1.68 bits per heavy atom. The van der Waals surface area contributed by atoms with Crippen molar-refractivity contribution in [1.82, 2.24) is 4.98 Å². The fraction of sp³-hybridized carbons (Fsp3) is 0.222. The molecule has 0 spiro atoms. The quantitative estimate of drug-likeness (QED) is 0.700. The summed E-state index contributed by atoms with van der Waals surface area (Å²) in [6.45, 7) is 4.36. The van der Waals surface area contributed by atoms with Crippen molar-refractivity contribution in [3.8, 4) is 0 Å². The Hall–Kier alpha value is -2.02. The van der Waals surface area contributed by atoms with Crippen molar-refractivity contribution in [3.05, 3.63) is 70.9 Å². The second-order valence-corrected chi connectivity index (χ2v) is 5.29. The smallest absolute Gasteiger partial charge is 0.0456 e. The lowest BCUT2D eigenvalue weighted by Gasteiger charge is -2.06. The highest BCUT2D eigenvalue weighted by molar-refractivity contribution is 5.83. The Labute approximate surface area is 114 Å². The van der Waals surface area contributed by atoms with Gasteiger partial charge in [0.05, 0.1) is 0 Å². The number of benzene rings is 2. The van der Waals surface area contributed by atoms with E-state index >= 15 is 0 Å². The second-order valence-electron chi connectivity index (χ2n) is 5.29. The number of para-hydroxylation sites is 1. The summed E-state index contributed by atoms with van der Waals surface area (Å²) in [7, 11) is 0. The number of rotatable bonds is 3. The highest BCUT2D eigenvalue weighted by Gasteiger charge is 2.04.